The zero-order valence-corrected chi connectivity index (χ0v) is 37.1. The molecular weight excluding hydrogens is 877 g/mol. The Bertz CT molecular complexity index is 2660. The van der Waals surface area contributed by atoms with Crippen LogP contribution in [0.15, 0.2) is 107 Å². The molecule has 0 radical (unpaired) electrons. The van der Waals surface area contributed by atoms with Gasteiger partial charge in [0.1, 0.15) is 20.2 Å². The Balaban J connectivity index is 1.03. The molecule has 65 heavy (non-hydrogen) atoms. The Morgan fingerprint density at radius 2 is 0.846 bits per heavy atom. The van der Waals surface area contributed by atoms with Gasteiger partial charge in [0.05, 0.1) is 36.2 Å². The Labute approximate surface area is 376 Å². The van der Waals surface area contributed by atoms with Gasteiger partial charge in [0.15, 0.2) is 0 Å². The summed E-state index contributed by atoms with van der Waals surface area (Å²) < 4.78 is 87.8. The number of hydrogen-bond acceptors (Lipinski definition) is 20. The molecule has 2 saturated heterocycles. The lowest BCUT2D eigenvalue weighted by Crippen LogP contribution is -2.37. The molecule has 2 aromatic heterocycles. The number of morpholine rings is 2. The largest absolute Gasteiger partial charge is 0.744 e. The van der Waals surface area contributed by atoms with Crippen LogP contribution in [0.3, 0.4) is 0 Å². The molecule has 340 valence electrons. The maximum Gasteiger partial charge on any atom is 0.233 e. The van der Waals surface area contributed by atoms with Crippen LogP contribution in [0, 0.1) is 5.41 Å². The molecule has 0 unspecified atom stereocenters. The average Bonchev–Trinajstić information content (AvgIpc) is 3.28. The highest BCUT2D eigenvalue weighted by Gasteiger charge is 2.26. The first kappa shape index (κ1) is 45.0. The highest BCUT2D eigenvalue weighted by molar-refractivity contribution is 7.86. The van der Waals surface area contributed by atoms with E-state index in [0.717, 1.165) is 11.4 Å². The number of hydrogen-bond donors (Lipinski definition) is 4. The minimum absolute atomic E-state index is 0.0207. The number of nitrogens with one attached hydrogen (secondary N) is 4. The summed E-state index contributed by atoms with van der Waals surface area (Å²) in [7, 11) is -10.1. The maximum atomic E-state index is 12.8. The summed E-state index contributed by atoms with van der Waals surface area (Å²) >= 11 is 0. The molecule has 2 fully saturated rings. The van der Waals surface area contributed by atoms with Crippen molar-refractivity contribution in [3.8, 4) is 0 Å². The monoisotopic (exact) mass is 922 g/mol. The fourth-order valence-electron chi connectivity index (χ4n) is 7.44. The van der Waals surface area contributed by atoms with Crippen LogP contribution in [0.1, 0.15) is 25.0 Å². The predicted molar refractivity (Wildman–Crippen MR) is 242 cm³/mol. The van der Waals surface area contributed by atoms with E-state index in [1.165, 1.54) is 24.3 Å². The number of ether oxygens (including phenoxy) is 2. The molecule has 2 aliphatic heterocycles. The highest BCUT2D eigenvalue weighted by atomic mass is 32.2. The van der Waals surface area contributed by atoms with E-state index in [-0.39, 0.29) is 59.1 Å². The molecule has 22 heteroatoms. The van der Waals surface area contributed by atoms with Crippen molar-refractivity contribution in [1.82, 2.24) is 29.9 Å². The summed E-state index contributed by atoms with van der Waals surface area (Å²) in [5, 5.41) is 12.4. The van der Waals surface area contributed by atoms with E-state index in [9.17, 15) is 25.9 Å². The average molecular weight is 923 g/mol. The second kappa shape index (κ2) is 19.3. The molecule has 0 aliphatic carbocycles. The van der Waals surface area contributed by atoms with E-state index >= 15 is 0 Å². The highest BCUT2D eigenvalue weighted by Crippen LogP contribution is 2.35. The van der Waals surface area contributed by atoms with Gasteiger partial charge >= 0.3 is 0 Å². The van der Waals surface area contributed by atoms with Crippen LogP contribution in [-0.2, 0) is 42.6 Å². The lowest BCUT2D eigenvalue weighted by atomic mass is 9.80. The summed E-state index contributed by atoms with van der Waals surface area (Å²) in [5.41, 5.74) is 1.45. The van der Waals surface area contributed by atoms with Crippen LogP contribution in [-0.4, -0.2) is 108 Å². The SMILES string of the molecule is CC(C)(Cc1ccc(Nc2nc(Nc3ccccc3)nc(N3CCOCC3)n2)cc1S(=O)(=O)[O-])Cc1ccc(Nc2nc(Nc3ccccc3)nc(N3CCOCC3)n2)cc1S(=O)(=O)[O-]. The van der Waals surface area contributed by atoms with Crippen molar-refractivity contribution in [2.75, 3.05) is 83.7 Å². The summed E-state index contributed by atoms with van der Waals surface area (Å²) in [4.78, 5) is 30.3. The summed E-state index contributed by atoms with van der Waals surface area (Å²) in [6, 6.07) is 27.3. The first-order chi connectivity index (χ1) is 31.1. The van der Waals surface area contributed by atoms with E-state index < -0.39 is 35.4 Å². The Hall–Kier alpha value is -6.56. The van der Waals surface area contributed by atoms with Gasteiger partial charge in [-0.2, -0.15) is 29.9 Å². The molecule has 6 aromatic rings. The Morgan fingerprint density at radius 1 is 0.508 bits per heavy atom. The van der Waals surface area contributed by atoms with Gasteiger partial charge in [-0.05, 0) is 77.9 Å². The van der Waals surface area contributed by atoms with Crippen molar-refractivity contribution >= 4 is 78.7 Å². The van der Waals surface area contributed by atoms with Gasteiger partial charge in [0, 0.05) is 48.9 Å². The van der Waals surface area contributed by atoms with Gasteiger partial charge in [-0.1, -0.05) is 62.4 Å². The predicted octanol–water partition coefficient (Wildman–Crippen LogP) is 5.32. The van der Waals surface area contributed by atoms with Crippen LogP contribution in [0.4, 0.5) is 58.4 Å². The van der Waals surface area contributed by atoms with Crippen molar-refractivity contribution in [2.24, 2.45) is 5.41 Å². The van der Waals surface area contributed by atoms with Crippen molar-refractivity contribution in [3.63, 3.8) is 0 Å². The molecule has 4 heterocycles. The molecule has 0 saturated carbocycles. The molecule has 20 nitrogen and oxygen atoms in total. The number of benzene rings is 4. The Morgan fingerprint density at radius 3 is 1.18 bits per heavy atom. The smallest absolute Gasteiger partial charge is 0.233 e. The lowest BCUT2D eigenvalue weighted by Gasteiger charge is -2.28. The Kier molecular flexibility index (Phi) is 13.3. The van der Waals surface area contributed by atoms with E-state index in [0.29, 0.717) is 64.5 Å². The van der Waals surface area contributed by atoms with E-state index in [1.807, 2.05) is 70.5 Å². The lowest BCUT2D eigenvalue weighted by molar-refractivity contribution is 0.122. The first-order valence-corrected chi connectivity index (χ1v) is 23.5. The summed E-state index contributed by atoms with van der Waals surface area (Å²) in [6.45, 7) is 7.71. The van der Waals surface area contributed by atoms with Crippen LogP contribution >= 0.6 is 0 Å². The van der Waals surface area contributed by atoms with E-state index in [4.69, 9.17) is 9.47 Å². The van der Waals surface area contributed by atoms with Crippen molar-refractivity contribution < 1.29 is 35.4 Å². The van der Waals surface area contributed by atoms with Gasteiger partial charge in [-0.25, -0.2) is 16.8 Å². The van der Waals surface area contributed by atoms with Crippen LogP contribution in [0.5, 0.6) is 0 Å². The van der Waals surface area contributed by atoms with Crippen LogP contribution in [0.2, 0.25) is 0 Å². The van der Waals surface area contributed by atoms with E-state index in [1.54, 1.807) is 26.0 Å². The van der Waals surface area contributed by atoms with E-state index in [2.05, 4.69) is 51.2 Å². The molecule has 0 bridgehead atoms. The fourth-order valence-corrected chi connectivity index (χ4v) is 8.90. The maximum absolute atomic E-state index is 12.8. The minimum atomic E-state index is -5.03. The minimum Gasteiger partial charge on any atom is -0.744 e. The van der Waals surface area contributed by atoms with Crippen molar-refractivity contribution in [3.05, 3.63) is 108 Å². The van der Waals surface area contributed by atoms with Gasteiger partial charge in [-0.15, -0.1) is 0 Å². The number of aromatic nitrogens is 6. The number of rotatable bonds is 16. The molecular formula is C43H46N12O8S2-2. The second-order valence-corrected chi connectivity index (χ2v) is 18.8. The molecule has 4 N–H and O–H groups in total. The third-order valence-electron chi connectivity index (χ3n) is 10.4. The fraction of sp³-hybridized carbons (Fsp3) is 0.302. The zero-order valence-electron chi connectivity index (χ0n) is 35.5. The molecule has 0 amide bonds. The number of para-hydroxylation sites is 2. The van der Waals surface area contributed by atoms with Gasteiger partial charge < -0.3 is 49.6 Å². The molecule has 0 spiro atoms. The third-order valence-corrected chi connectivity index (χ3v) is 12.3. The quantitative estimate of drug-likeness (QED) is 0.0895. The van der Waals surface area contributed by atoms with Gasteiger partial charge in [0.2, 0.25) is 35.7 Å². The summed E-state index contributed by atoms with van der Waals surface area (Å²) in [5.74, 6) is 1.42. The number of anilines is 10. The molecule has 0 atom stereocenters. The van der Waals surface area contributed by atoms with Gasteiger partial charge in [0.25, 0.3) is 0 Å². The van der Waals surface area contributed by atoms with Crippen LogP contribution < -0.4 is 31.1 Å². The number of nitrogens with zero attached hydrogens (tertiary/aromatic N) is 8. The van der Waals surface area contributed by atoms with Crippen molar-refractivity contribution in [2.45, 2.75) is 36.5 Å². The molecule has 4 aromatic carbocycles. The zero-order chi connectivity index (χ0) is 45.6. The topological polar surface area (TPSA) is 265 Å². The first-order valence-electron chi connectivity index (χ1n) is 20.7. The second-order valence-electron chi connectivity index (χ2n) is 16.1. The third kappa shape index (κ3) is 12.0. The summed E-state index contributed by atoms with van der Waals surface area (Å²) in [6.07, 6.45) is 0.0414. The standard InChI is InChI=1S/C43H48N12O8S2/c1-43(2,27-29-13-15-33(25-35(29)64(56,57)58)46-39-48-37(44-31-9-5-3-6-10-31)50-41(52-39)54-17-21-62-22-18-54)28-30-14-16-34(26-36(30)65(59,60)61)47-40-49-38(45-32-11-7-4-8-12-32)51-42(53-40)55-19-23-63-24-20-55/h3-16,25-26H,17-24,27-28H2,1-2H3,(H,56,57,58)(H,59,60,61)(H2,44,46,48,50,52)(H2,45,47,49,51,53)/p-2. The molecule has 8 rings (SSSR count). The van der Waals surface area contributed by atoms with Crippen molar-refractivity contribution in [1.29, 1.82) is 0 Å². The van der Waals surface area contributed by atoms with Gasteiger partial charge in [-0.3, -0.25) is 0 Å². The molecule has 2 aliphatic rings. The van der Waals surface area contributed by atoms with Crippen LogP contribution in [0.25, 0.3) is 0 Å². The normalized spacial score (nSPS) is 14.8.